The molecule has 5 rings (SSSR count). The molecule has 0 saturated heterocycles. The monoisotopic (exact) mass is 357 g/mol. The lowest BCUT2D eigenvalue weighted by Crippen LogP contribution is -2.23. The van der Waals surface area contributed by atoms with Crippen LogP contribution in [0.3, 0.4) is 0 Å². The SMILES string of the molecule is CCC/N=C/N(c1ccc(C#N)cc1)c1cc2c(cc1C)C1CCC2CC1. The number of hydrogen-bond donors (Lipinski definition) is 0. The maximum absolute atomic E-state index is 9.10. The minimum absolute atomic E-state index is 0.684. The third kappa shape index (κ3) is 3.37. The molecule has 3 heteroatoms. The minimum atomic E-state index is 0.684. The second-order valence-electron chi connectivity index (χ2n) is 7.87. The van der Waals surface area contributed by atoms with Crippen LogP contribution in [0.4, 0.5) is 11.4 Å². The molecule has 2 aromatic carbocycles. The molecule has 0 aliphatic heterocycles. The maximum atomic E-state index is 9.10. The van der Waals surface area contributed by atoms with E-state index in [1.165, 1.54) is 36.9 Å². The predicted molar refractivity (Wildman–Crippen MR) is 112 cm³/mol. The van der Waals surface area contributed by atoms with E-state index in [2.05, 4.69) is 41.9 Å². The molecular formula is C24H27N3. The van der Waals surface area contributed by atoms with Gasteiger partial charge in [0.1, 0.15) is 0 Å². The van der Waals surface area contributed by atoms with Gasteiger partial charge in [0.2, 0.25) is 0 Å². The summed E-state index contributed by atoms with van der Waals surface area (Å²) in [6, 6.07) is 14.8. The van der Waals surface area contributed by atoms with Gasteiger partial charge in [0.25, 0.3) is 0 Å². The van der Waals surface area contributed by atoms with Gasteiger partial charge in [-0.05, 0) is 97.9 Å². The molecule has 1 fully saturated rings. The van der Waals surface area contributed by atoms with E-state index in [1.54, 1.807) is 11.1 Å². The number of nitrogens with zero attached hydrogens (tertiary/aromatic N) is 3. The number of benzene rings is 2. The van der Waals surface area contributed by atoms with E-state index in [0.29, 0.717) is 5.56 Å². The maximum Gasteiger partial charge on any atom is 0.0991 e. The summed E-state index contributed by atoms with van der Waals surface area (Å²) in [5.74, 6) is 1.48. The van der Waals surface area contributed by atoms with Crippen molar-refractivity contribution < 1.29 is 0 Å². The molecule has 3 aliphatic rings. The summed E-state index contributed by atoms with van der Waals surface area (Å²) in [5, 5.41) is 9.10. The zero-order valence-corrected chi connectivity index (χ0v) is 16.3. The lowest BCUT2D eigenvalue weighted by molar-refractivity contribution is 0.358. The number of aliphatic imine (C=N–C) groups is 1. The molecule has 1 saturated carbocycles. The Morgan fingerprint density at radius 2 is 1.70 bits per heavy atom. The lowest BCUT2D eigenvalue weighted by atomic mass is 9.66. The number of fused-ring (bicyclic) bond motifs is 2. The molecule has 2 bridgehead atoms. The Bertz CT molecular complexity index is 881. The summed E-state index contributed by atoms with van der Waals surface area (Å²) < 4.78 is 0. The van der Waals surface area contributed by atoms with Gasteiger partial charge in [-0.3, -0.25) is 4.99 Å². The standard InChI is InChI=1S/C24H27N3/c1-3-12-26-16-27(21-10-4-18(15-25)5-11-21)24-14-23-20-8-6-19(7-9-20)22(23)13-17(24)2/h4-5,10-11,13-14,16,19-20H,3,6-9,12H2,1-2H3/b26-16+. The molecule has 3 aliphatic carbocycles. The molecule has 0 radical (unpaired) electrons. The van der Waals surface area contributed by atoms with E-state index < -0.39 is 0 Å². The van der Waals surface area contributed by atoms with Crippen LogP contribution in [0.5, 0.6) is 0 Å². The van der Waals surface area contributed by atoms with E-state index in [1.807, 2.05) is 30.6 Å². The molecule has 0 spiro atoms. The van der Waals surface area contributed by atoms with E-state index >= 15 is 0 Å². The quantitative estimate of drug-likeness (QED) is 0.472. The molecule has 0 unspecified atom stereocenters. The van der Waals surface area contributed by atoms with Crippen LogP contribution >= 0.6 is 0 Å². The molecule has 0 aromatic heterocycles. The van der Waals surface area contributed by atoms with Crippen LogP contribution in [0.2, 0.25) is 0 Å². The summed E-state index contributed by atoms with van der Waals surface area (Å²) in [6.45, 7) is 5.17. The Morgan fingerprint density at radius 3 is 2.30 bits per heavy atom. The number of rotatable bonds is 5. The van der Waals surface area contributed by atoms with Crippen LogP contribution in [-0.4, -0.2) is 12.9 Å². The van der Waals surface area contributed by atoms with Crippen molar-refractivity contribution in [3.8, 4) is 6.07 Å². The molecule has 0 heterocycles. The van der Waals surface area contributed by atoms with Gasteiger partial charge in [-0.15, -0.1) is 0 Å². The molecule has 0 atom stereocenters. The summed E-state index contributed by atoms with van der Waals surface area (Å²) in [7, 11) is 0. The van der Waals surface area contributed by atoms with Crippen molar-refractivity contribution in [1.82, 2.24) is 0 Å². The largest absolute Gasteiger partial charge is 0.301 e. The van der Waals surface area contributed by atoms with Gasteiger partial charge in [0.15, 0.2) is 0 Å². The van der Waals surface area contributed by atoms with Crippen LogP contribution in [0.25, 0.3) is 0 Å². The van der Waals surface area contributed by atoms with E-state index in [-0.39, 0.29) is 0 Å². The molecule has 27 heavy (non-hydrogen) atoms. The summed E-state index contributed by atoms with van der Waals surface area (Å²) in [4.78, 5) is 6.81. The first-order valence-corrected chi connectivity index (χ1v) is 10.1. The van der Waals surface area contributed by atoms with Gasteiger partial charge in [0.05, 0.1) is 23.7 Å². The Hall–Kier alpha value is -2.60. The highest BCUT2D eigenvalue weighted by Gasteiger charge is 2.33. The van der Waals surface area contributed by atoms with Crippen LogP contribution in [-0.2, 0) is 0 Å². The fourth-order valence-corrected chi connectivity index (χ4v) is 4.65. The topological polar surface area (TPSA) is 39.4 Å². The lowest BCUT2D eigenvalue weighted by Gasteiger charge is -2.39. The van der Waals surface area contributed by atoms with Crippen molar-refractivity contribution in [2.45, 2.75) is 57.8 Å². The first kappa shape index (κ1) is 17.8. The van der Waals surface area contributed by atoms with Gasteiger partial charge in [-0.25, -0.2) is 0 Å². The zero-order valence-electron chi connectivity index (χ0n) is 16.3. The first-order chi connectivity index (χ1) is 13.2. The molecule has 0 amide bonds. The Morgan fingerprint density at radius 1 is 1.07 bits per heavy atom. The van der Waals surface area contributed by atoms with Crippen LogP contribution in [0.1, 0.15) is 73.1 Å². The van der Waals surface area contributed by atoms with Crippen molar-refractivity contribution in [3.05, 3.63) is 58.7 Å². The van der Waals surface area contributed by atoms with E-state index in [9.17, 15) is 0 Å². The van der Waals surface area contributed by atoms with Gasteiger partial charge >= 0.3 is 0 Å². The first-order valence-electron chi connectivity index (χ1n) is 10.1. The van der Waals surface area contributed by atoms with Crippen molar-refractivity contribution in [2.75, 3.05) is 11.4 Å². The second kappa shape index (κ2) is 7.56. The fourth-order valence-electron chi connectivity index (χ4n) is 4.65. The molecule has 138 valence electrons. The Balaban J connectivity index is 1.77. The van der Waals surface area contributed by atoms with Crippen LogP contribution in [0.15, 0.2) is 41.4 Å². The van der Waals surface area contributed by atoms with Crippen molar-refractivity contribution in [2.24, 2.45) is 4.99 Å². The van der Waals surface area contributed by atoms with Gasteiger partial charge in [0, 0.05) is 12.2 Å². The van der Waals surface area contributed by atoms with E-state index in [0.717, 1.165) is 30.5 Å². The van der Waals surface area contributed by atoms with Gasteiger partial charge in [-0.2, -0.15) is 5.26 Å². The normalized spacial score (nSPS) is 20.5. The van der Waals surface area contributed by atoms with Gasteiger partial charge < -0.3 is 4.90 Å². The highest BCUT2D eigenvalue weighted by atomic mass is 15.2. The Kier molecular flexibility index (Phi) is 4.99. The average Bonchev–Trinajstić information content (AvgIpc) is 2.72. The van der Waals surface area contributed by atoms with Crippen molar-refractivity contribution in [1.29, 1.82) is 5.26 Å². The summed E-state index contributed by atoms with van der Waals surface area (Å²) >= 11 is 0. The Labute approximate surface area is 162 Å². The summed E-state index contributed by atoms with van der Waals surface area (Å²) in [5.41, 5.74) is 7.39. The van der Waals surface area contributed by atoms with Crippen LogP contribution < -0.4 is 4.90 Å². The number of aryl methyl sites for hydroxylation is 1. The zero-order chi connectivity index (χ0) is 18.8. The van der Waals surface area contributed by atoms with E-state index in [4.69, 9.17) is 5.26 Å². The second-order valence-corrected chi connectivity index (χ2v) is 7.87. The highest BCUT2D eigenvalue weighted by Crippen LogP contribution is 2.51. The fraction of sp³-hybridized carbons (Fsp3) is 0.417. The number of nitriles is 1. The third-order valence-corrected chi connectivity index (χ3v) is 6.09. The smallest absolute Gasteiger partial charge is 0.0991 e. The minimum Gasteiger partial charge on any atom is -0.301 e. The predicted octanol–water partition coefficient (Wildman–Crippen LogP) is 6.20. The third-order valence-electron chi connectivity index (χ3n) is 6.09. The van der Waals surface area contributed by atoms with Crippen molar-refractivity contribution >= 4 is 17.7 Å². The summed E-state index contributed by atoms with van der Waals surface area (Å²) in [6.07, 6.45) is 8.37. The molecule has 2 aromatic rings. The molecule has 3 nitrogen and oxygen atoms in total. The van der Waals surface area contributed by atoms with Gasteiger partial charge in [-0.1, -0.05) is 13.0 Å². The molecule has 0 N–H and O–H groups in total. The van der Waals surface area contributed by atoms with Crippen LogP contribution in [0, 0.1) is 18.3 Å². The van der Waals surface area contributed by atoms with Crippen molar-refractivity contribution in [3.63, 3.8) is 0 Å². The highest BCUT2D eigenvalue weighted by molar-refractivity contribution is 5.91. The average molecular weight is 358 g/mol. The molecular weight excluding hydrogens is 330 g/mol. The number of anilines is 2. The number of hydrogen-bond acceptors (Lipinski definition) is 2.